The van der Waals surface area contributed by atoms with Gasteiger partial charge in [0.1, 0.15) is 10.6 Å². The van der Waals surface area contributed by atoms with Gasteiger partial charge < -0.3 is 9.47 Å². The Kier molecular flexibility index (Phi) is 4.43. The maximum absolute atomic E-state index is 12.9. The first kappa shape index (κ1) is 18.2. The van der Waals surface area contributed by atoms with Gasteiger partial charge in [0.25, 0.3) is 15.9 Å². The van der Waals surface area contributed by atoms with Crippen LogP contribution in [-0.2, 0) is 17.1 Å². The van der Waals surface area contributed by atoms with Gasteiger partial charge in [-0.05, 0) is 24.5 Å². The highest BCUT2D eigenvalue weighted by Gasteiger charge is 2.44. The molecule has 26 heavy (non-hydrogen) atoms. The summed E-state index contributed by atoms with van der Waals surface area (Å²) >= 11 is 0. The van der Waals surface area contributed by atoms with Gasteiger partial charge in [-0.25, -0.2) is 13.1 Å². The second-order valence-electron chi connectivity index (χ2n) is 6.42. The fourth-order valence-electron chi connectivity index (χ4n) is 2.94. The highest BCUT2D eigenvalue weighted by Crippen LogP contribution is 2.38. The highest BCUT2D eigenvalue weighted by molar-refractivity contribution is 7.90. The molecule has 0 bridgehead atoms. The van der Waals surface area contributed by atoms with E-state index in [1.54, 1.807) is 26.1 Å². The largest absolute Gasteiger partial charge is 0.497 e. The van der Waals surface area contributed by atoms with E-state index in [9.17, 15) is 13.2 Å². The number of aryl methyl sites for hydroxylation is 2. The first-order valence-corrected chi connectivity index (χ1v) is 9.53. The number of hydrogen-bond donors (Lipinski definition) is 0. The Balaban J connectivity index is 2.01. The van der Waals surface area contributed by atoms with E-state index in [2.05, 4.69) is 5.10 Å². The molecule has 0 atom stereocenters. The zero-order valence-corrected chi connectivity index (χ0v) is 16.1. The first-order valence-electron chi connectivity index (χ1n) is 8.09. The van der Waals surface area contributed by atoms with Gasteiger partial charge >= 0.3 is 0 Å². The molecule has 1 amide bonds. The van der Waals surface area contributed by atoms with Crippen molar-refractivity contribution in [3.05, 3.63) is 35.0 Å². The van der Waals surface area contributed by atoms with Crippen LogP contribution in [0.4, 0.5) is 0 Å². The van der Waals surface area contributed by atoms with E-state index in [0.29, 0.717) is 17.2 Å². The molecular weight excluding hydrogens is 358 g/mol. The quantitative estimate of drug-likeness (QED) is 0.790. The standard InChI is InChI=1S/C17H21N3O5S/c1-10(2)13-7-12(24-5)8-14-16(13)17(21)20(26(14,22)23)9-25-15-6-11(3)18-19(15)4/h6-8,10H,9H2,1-5H3. The molecule has 0 radical (unpaired) electrons. The first-order chi connectivity index (χ1) is 12.2. The van der Waals surface area contributed by atoms with Crippen LogP contribution in [0.1, 0.15) is 41.4 Å². The third kappa shape index (κ3) is 2.82. The predicted molar refractivity (Wildman–Crippen MR) is 93.9 cm³/mol. The zero-order valence-electron chi connectivity index (χ0n) is 15.3. The number of hydrogen-bond acceptors (Lipinski definition) is 6. The molecule has 0 unspecified atom stereocenters. The minimum atomic E-state index is -4.01. The summed E-state index contributed by atoms with van der Waals surface area (Å²) < 4.78 is 38.8. The van der Waals surface area contributed by atoms with Gasteiger partial charge in [0, 0.05) is 19.2 Å². The molecule has 0 saturated heterocycles. The minimum absolute atomic E-state index is 0.0430. The van der Waals surface area contributed by atoms with E-state index in [-0.39, 0.29) is 16.4 Å². The molecule has 0 fully saturated rings. The van der Waals surface area contributed by atoms with Gasteiger partial charge in [-0.3, -0.25) is 4.79 Å². The summed E-state index contributed by atoms with van der Waals surface area (Å²) in [4.78, 5) is 12.8. The number of carbonyl (C=O) groups excluding carboxylic acids is 1. The monoisotopic (exact) mass is 379 g/mol. The van der Waals surface area contributed by atoms with Crippen LogP contribution in [0.25, 0.3) is 0 Å². The minimum Gasteiger partial charge on any atom is -0.497 e. The van der Waals surface area contributed by atoms with E-state index in [1.807, 2.05) is 13.8 Å². The molecular formula is C17H21N3O5S. The molecule has 2 heterocycles. The lowest BCUT2D eigenvalue weighted by Crippen LogP contribution is -2.34. The molecule has 1 aliphatic heterocycles. The molecule has 140 valence electrons. The number of aromatic nitrogens is 2. The van der Waals surface area contributed by atoms with Crippen LogP contribution in [0.3, 0.4) is 0 Å². The number of rotatable bonds is 5. The molecule has 9 heteroatoms. The third-order valence-corrected chi connectivity index (χ3v) is 5.99. The molecule has 0 N–H and O–H groups in total. The van der Waals surface area contributed by atoms with Crippen molar-refractivity contribution < 1.29 is 22.7 Å². The van der Waals surface area contributed by atoms with Crippen LogP contribution in [0.5, 0.6) is 11.6 Å². The van der Waals surface area contributed by atoms with Crippen LogP contribution in [-0.4, -0.2) is 42.3 Å². The van der Waals surface area contributed by atoms with E-state index in [4.69, 9.17) is 9.47 Å². The Hall–Kier alpha value is -2.55. The summed E-state index contributed by atoms with van der Waals surface area (Å²) in [6.07, 6.45) is 0. The normalized spacial score (nSPS) is 15.5. The predicted octanol–water partition coefficient (Wildman–Crippen LogP) is 2.04. The van der Waals surface area contributed by atoms with Crippen molar-refractivity contribution in [1.82, 2.24) is 14.1 Å². The van der Waals surface area contributed by atoms with Crippen LogP contribution in [0.2, 0.25) is 0 Å². The van der Waals surface area contributed by atoms with Gasteiger partial charge in [0.2, 0.25) is 5.88 Å². The average molecular weight is 379 g/mol. The van der Waals surface area contributed by atoms with Crippen molar-refractivity contribution in [3.63, 3.8) is 0 Å². The summed E-state index contributed by atoms with van der Waals surface area (Å²) in [5, 5.41) is 4.13. The summed E-state index contributed by atoms with van der Waals surface area (Å²) in [6, 6.07) is 4.75. The van der Waals surface area contributed by atoms with Gasteiger partial charge in [-0.1, -0.05) is 13.8 Å². The number of carbonyl (C=O) groups is 1. The van der Waals surface area contributed by atoms with Gasteiger partial charge in [-0.15, -0.1) is 0 Å². The van der Waals surface area contributed by atoms with Crippen molar-refractivity contribution in [1.29, 1.82) is 0 Å². The average Bonchev–Trinajstić information content (AvgIpc) is 2.99. The van der Waals surface area contributed by atoms with Crippen molar-refractivity contribution >= 4 is 15.9 Å². The molecule has 3 rings (SSSR count). The topological polar surface area (TPSA) is 90.7 Å². The van der Waals surface area contributed by atoms with E-state index in [1.165, 1.54) is 17.9 Å². The molecule has 1 aromatic carbocycles. The Morgan fingerprint density at radius 1 is 1.23 bits per heavy atom. The van der Waals surface area contributed by atoms with Crippen molar-refractivity contribution in [3.8, 4) is 11.6 Å². The summed E-state index contributed by atoms with van der Waals surface area (Å²) in [5.41, 5.74) is 1.55. The molecule has 0 saturated carbocycles. The van der Waals surface area contributed by atoms with Gasteiger partial charge in [0.15, 0.2) is 6.73 Å². The Labute approximate surface area is 152 Å². The summed E-state index contributed by atoms with van der Waals surface area (Å²) in [6.45, 7) is 5.16. The smallest absolute Gasteiger partial charge is 0.272 e. The lowest BCUT2D eigenvalue weighted by atomic mass is 9.96. The summed E-state index contributed by atoms with van der Waals surface area (Å²) in [5.74, 6) is 0.140. The lowest BCUT2D eigenvalue weighted by molar-refractivity contribution is 0.0780. The van der Waals surface area contributed by atoms with Crippen LogP contribution in [0.15, 0.2) is 23.1 Å². The second-order valence-corrected chi connectivity index (χ2v) is 8.25. The van der Waals surface area contributed by atoms with Gasteiger partial charge in [0.05, 0.1) is 18.4 Å². The van der Waals surface area contributed by atoms with Crippen LogP contribution >= 0.6 is 0 Å². The number of ether oxygens (including phenoxy) is 2. The molecule has 1 aromatic heterocycles. The molecule has 0 aliphatic carbocycles. The Morgan fingerprint density at radius 2 is 1.92 bits per heavy atom. The molecule has 0 spiro atoms. The summed E-state index contributed by atoms with van der Waals surface area (Å²) in [7, 11) is -0.872. The fourth-order valence-corrected chi connectivity index (χ4v) is 4.41. The van der Waals surface area contributed by atoms with E-state index in [0.717, 1.165) is 10.00 Å². The lowest BCUT2D eigenvalue weighted by Gasteiger charge is -2.15. The highest BCUT2D eigenvalue weighted by atomic mass is 32.2. The van der Waals surface area contributed by atoms with Crippen molar-refractivity contribution in [2.24, 2.45) is 7.05 Å². The Morgan fingerprint density at radius 3 is 2.46 bits per heavy atom. The van der Waals surface area contributed by atoms with Crippen molar-refractivity contribution in [2.45, 2.75) is 31.6 Å². The fraction of sp³-hybridized carbons (Fsp3) is 0.412. The van der Waals surface area contributed by atoms with Gasteiger partial charge in [-0.2, -0.15) is 9.40 Å². The number of sulfonamides is 1. The third-order valence-electron chi connectivity index (χ3n) is 4.26. The van der Waals surface area contributed by atoms with E-state index < -0.39 is 22.7 Å². The maximum atomic E-state index is 12.9. The maximum Gasteiger partial charge on any atom is 0.272 e. The van der Waals surface area contributed by atoms with Crippen LogP contribution in [0, 0.1) is 6.92 Å². The molecule has 8 nitrogen and oxygen atoms in total. The number of methoxy groups -OCH3 is 1. The zero-order chi connectivity index (χ0) is 19.2. The van der Waals surface area contributed by atoms with Crippen molar-refractivity contribution in [2.75, 3.05) is 13.8 Å². The number of benzene rings is 1. The molecule has 2 aromatic rings. The van der Waals surface area contributed by atoms with E-state index >= 15 is 0 Å². The Bertz CT molecular complexity index is 979. The second kappa shape index (κ2) is 6.31. The SMILES string of the molecule is COc1cc(C(C)C)c2c(c1)S(=O)(=O)N(COc1cc(C)nn1C)C2=O. The van der Waals surface area contributed by atoms with Crippen LogP contribution < -0.4 is 9.47 Å². The molecule has 1 aliphatic rings. The number of nitrogens with zero attached hydrogens (tertiary/aromatic N) is 3. The number of amides is 1. The number of fused-ring (bicyclic) bond motifs is 1.